The Morgan fingerprint density at radius 3 is 2.60 bits per heavy atom. The minimum Gasteiger partial charge on any atom is -0.436 e. The fourth-order valence-corrected chi connectivity index (χ4v) is 5.32. The van der Waals surface area contributed by atoms with Crippen LogP contribution < -0.4 is 4.90 Å². The average Bonchev–Trinajstić information content (AvgIpc) is 2.97. The maximum absolute atomic E-state index is 6.30. The van der Waals surface area contributed by atoms with E-state index in [4.69, 9.17) is 4.42 Å². The lowest BCUT2D eigenvalue weighted by Crippen LogP contribution is -2.65. The van der Waals surface area contributed by atoms with Gasteiger partial charge in [0.15, 0.2) is 5.58 Å². The quantitative estimate of drug-likeness (QED) is 0.560. The molecule has 3 nitrogen and oxygen atoms in total. The van der Waals surface area contributed by atoms with Crippen molar-refractivity contribution in [2.45, 2.75) is 65.0 Å². The third kappa shape index (κ3) is 1.90. The van der Waals surface area contributed by atoms with Gasteiger partial charge >= 0.3 is 0 Å². The summed E-state index contributed by atoms with van der Waals surface area (Å²) in [6.07, 6.45) is 7.01. The molecule has 2 bridgehead atoms. The standard InChI is InChI=1S/C22H26N2O/c1-14-7-8-16-17-6-5-13-23-20(17)25-19(16)18(14)24-15(2)21(3)9-11-22(24,4)12-10-21/h5-8,13,15H,9-12H2,1-4H3. The van der Waals surface area contributed by atoms with E-state index in [9.17, 15) is 0 Å². The Morgan fingerprint density at radius 1 is 1.08 bits per heavy atom. The summed E-state index contributed by atoms with van der Waals surface area (Å²) in [7, 11) is 0. The highest BCUT2D eigenvalue weighted by Crippen LogP contribution is 2.56. The Balaban J connectivity index is 1.81. The second kappa shape index (κ2) is 4.78. The van der Waals surface area contributed by atoms with Crippen LogP contribution in [-0.2, 0) is 0 Å². The molecule has 0 N–H and O–H groups in total. The van der Waals surface area contributed by atoms with Crippen LogP contribution in [0.5, 0.6) is 0 Å². The Hall–Kier alpha value is -2.03. The lowest BCUT2D eigenvalue weighted by atomic mass is 9.59. The van der Waals surface area contributed by atoms with Crippen molar-refractivity contribution in [3.63, 3.8) is 0 Å². The van der Waals surface area contributed by atoms with E-state index in [2.05, 4.69) is 55.8 Å². The minimum absolute atomic E-state index is 0.225. The summed E-state index contributed by atoms with van der Waals surface area (Å²) >= 11 is 0. The van der Waals surface area contributed by atoms with Crippen molar-refractivity contribution in [1.82, 2.24) is 4.98 Å². The van der Waals surface area contributed by atoms with E-state index in [1.807, 2.05) is 12.3 Å². The summed E-state index contributed by atoms with van der Waals surface area (Å²) in [4.78, 5) is 7.14. The van der Waals surface area contributed by atoms with Crippen molar-refractivity contribution in [2.24, 2.45) is 5.41 Å². The van der Waals surface area contributed by atoms with Gasteiger partial charge in [0.25, 0.3) is 0 Å². The van der Waals surface area contributed by atoms with Crippen LogP contribution in [-0.4, -0.2) is 16.6 Å². The summed E-state index contributed by atoms with van der Waals surface area (Å²) in [5, 5.41) is 2.30. The van der Waals surface area contributed by atoms with Crippen LogP contribution in [0.15, 0.2) is 34.9 Å². The molecule has 3 heteroatoms. The average molecular weight is 334 g/mol. The topological polar surface area (TPSA) is 29.3 Å². The van der Waals surface area contributed by atoms with Gasteiger partial charge in [-0.3, -0.25) is 0 Å². The zero-order valence-corrected chi connectivity index (χ0v) is 15.6. The number of hydrogen-bond acceptors (Lipinski definition) is 3. The van der Waals surface area contributed by atoms with Crippen molar-refractivity contribution < 1.29 is 4.42 Å². The number of aromatic nitrogens is 1. The normalized spacial score (nSPS) is 32.0. The summed E-state index contributed by atoms with van der Waals surface area (Å²) in [6.45, 7) is 9.55. The van der Waals surface area contributed by atoms with Gasteiger partial charge in [-0.15, -0.1) is 0 Å². The van der Waals surface area contributed by atoms with Crippen molar-refractivity contribution in [3.05, 3.63) is 36.0 Å². The molecule has 1 atom stereocenters. The van der Waals surface area contributed by atoms with Crippen LogP contribution in [0, 0.1) is 12.3 Å². The number of pyridine rings is 1. The molecule has 3 aromatic rings. The Labute approximate surface area is 149 Å². The largest absolute Gasteiger partial charge is 0.436 e. The first-order chi connectivity index (χ1) is 11.9. The molecule has 1 aromatic carbocycles. The zero-order chi connectivity index (χ0) is 17.4. The van der Waals surface area contributed by atoms with E-state index in [-0.39, 0.29) is 5.54 Å². The molecule has 6 rings (SSSR count). The van der Waals surface area contributed by atoms with Crippen LogP contribution in [0.4, 0.5) is 5.69 Å². The molecule has 2 aliphatic heterocycles. The van der Waals surface area contributed by atoms with Gasteiger partial charge in [0.05, 0.1) is 5.69 Å². The van der Waals surface area contributed by atoms with E-state index in [0.29, 0.717) is 11.5 Å². The van der Waals surface area contributed by atoms with E-state index < -0.39 is 0 Å². The molecule has 2 aromatic heterocycles. The molecule has 0 radical (unpaired) electrons. The number of aryl methyl sites for hydroxylation is 1. The highest BCUT2D eigenvalue weighted by atomic mass is 16.3. The second-order valence-corrected chi connectivity index (χ2v) is 8.76. The Morgan fingerprint density at radius 2 is 1.84 bits per heavy atom. The summed E-state index contributed by atoms with van der Waals surface area (Å²) in [5.41, 5.74) is 4.97. The third-order valence-corrected chi connectivity index (χ3v) is 7.28. The first-order valence-corrected chi connectivity index (χ1v) is 9.49. The maximum Gasteiger partial charge on any atom is 0.227 e. The number of furan rings is 1. The number of fused-ring (bicyclic) bond motifs is 6. The molecule has 3 aliphatic rings. The van der Waals surface area contributed by atoms with E-state index >= 15 is 0 Å². The van der Waals surface area contributed by atoms with E-state index in [1.165, 1.54) is 42.3 Å². The van der Waals surface area contributed by atoms with Gasteiger partial charge in [-0.2, -0.15) is 0 Å². The first kappa shape index (κ1) is 15.2. The van der Waals surface area contributed by atoms with Crippen LogP contribution in [0.25, 0.3) is 22.1 Å². The molecule has 1 aliphatic carbocycles. The predicted octanol–water partition coefficient (Wildman–Crippen LogP) is 5.84. The van der Waals surface area contributed by atoms with Crippen molar-refractivity contribution in [1.29, 1.82) is 0 Å². The van der Waals surface area contributed by atoms with Crippen molar-refractivity contribution in [2.75, 3.05) is 4.90 Å². The fourth-order valence-electron chi connectivity index (χ4n) is 5.32. The fraction of sp³-hybridized carbons (Fsp3) is 0.500. The first-order valence-electron chi connectivity index (χ1n) is 9.49. The van der Waals surface area contributed by atoms with Gasteiger partial charge in [0.2, 0.25) is 5.71 Å². The van der Waals surface area contributed by atoms with Crippen molar-refractivity contribution >= 4 is 27.8 Å². The van der Waals surface area contributed by atoms with E-state index in [0.717, 1.165) is 16.7 Å². The number of piperidine rings is 2. The van der Waals surface area contributed by atoms with Gasteiger partial charge in [0.1, 0.15) is 0 Å². The molecule has 4 heterocycles. The smallest absolute Gasteiger partial charge is 0.227 e. The molecule has 1 saturated carbocycles. The number of hydrogen-bond donors (Lipinski definition) is 0. The van der Waals surface area contributed by atoms with Crippen LogP contribution in [0.1, 0.15) is 52.0 Å². The number of rotatable bonds is 1. The molecular formula is C22H26N2O. The zero-order valence-electron chi connectivity index (χ0n) is 15.6. The Bertz CT molecular complexity index is 978. The second-order valence-electron chi connectivity index (χ2n) is 8.76. The lowest BCUT2D eigenvalue weighted by Gasteiger charge is -2.63. The van der Waals surface area contributed by atoms with Crippen LogP contribution in [0.2, 0.25) is 0 Å². The molecule has 0 amide bonds. The molecule has 2 saturated heterocycles. The lowest BCUT2D eigenvalue weighted by molar-refractivity contribution is 0.0510. The summed E-state index contributed by atoms with van der Waals surface area (Å²) in [6, 6.07) is 9.07. The predicted molar refractivity (Wildman–Crippen MR) is 103 cm³/mol. The van der Waals surface area contributed by atoms with Gasteiger partial charge in [-0.25, -0.2) is 4.98 Å². The van der Waals surface area contributed by atoms with Gasteiger partial charge in [-0.1, -0.05) is 19.1 Å². The maximum atomic E-state index is 6.30. The number of benzene rings is 1. The molecular weight excluding hydrogens is 308 g/mol. The third-order valence-electron chi connectivity index (χ3n) is 7.28. The molecule has 0 spiro atoms. The molecule has 25 heavy (non-hydrogen) atoms. The number of anilines is 1. The van der Waals surface area contributed by atoms with Gasteiger partial charge in [-0.05, 0) is 69.6 Å². The molecule has 130 valence electrons. The highest BCUT2D eigenvalue weighted by molar-refractivity contribution is 6.08. The van der Waals surface area contributed by atoms with Crippen LogP contribution in [0.3, 0.4) is 0 Å². The van der Waals surface area contributed by atoms with Crippen LogP contribution >= 0.6 is 0 Å². The molecule has 3 fully saturated rings. The summed E-state index contributed by atoms with van der Waals surface area (Å²) in [5.74, 6) is 0. The highest BCUT2D eigenvalue weighted by Gasteiger charge is 2.53. The van der Waals surface area contributed by atoms with Gasteiger partial charge in [0, 0.05) is 28.6 Å². The van der Waals surface area contributed by atoms with Crippen molar-refractivity contribution in [3.8, 4) is 0 Å². The van der Waals surface area contributed by atoms with E-state index in [1.54, 1.807) is 0 Å². The summed E-state index contributed by atoms with van der Waals surface area (Å²) < 4.78 is 6.30. The number of nitrogens with zero attached hydrogens (tertiary/aromatic N) is 2. The van der Waals surface area contributed by atoms with Gasteiger partial charge < -0.3 is 9.32 Å². The monoisotopic (exact) mass is 334 g/mol. The molecule has 1 unspecified atom stereocenters. The minimum atomic E-state index is 0.225. The Kier molecular flexibility index (Phi) is 2.91. The SMILES string of the molecule is Cc1ccc2c(oc3ncccc32)c1N1C(C)C2(C)CCC1(C)CC2.